The molecule has 7 heteroatoms. The van der Waals surface area contributed by atoms with Gasteiger partial charge in [0, 0.05) is 26.1 Å². The lowest BCUT2D eigenvalue weighted by Gasteiger charge is -2.28. The molecule has 0 spiro atoms. The summed E-state index contributed by atoms with van der Waals surface area (Å²) in [6.07, 6.45) is 5.52. The van der Waals surface area contributed by atoms with Crippen LogP contribution in [0.5, 0.6) is 5.75 Å². The third kappa shape index (κ3) is 5.96. The fraction of sp³-hybridized carbons (Fsp3) is 0.619. The Labute approximate surface area is 171 Å². The highest BCUT2D eigenvalue weighted by Crippen LogP contribution is 2.37. The summed E-state index contributed by atoms with van der Waals surface area (Å²) >= 11 is 1.58. The number of aryl methyl sites for hydroxylation is 2. The molecule has 1 aliphatic rings. The summed E-state index contributed by atoms with van der Waals surface area (Å²) in [5.41, 5.74) is 2.17. The van der Waals surface area contributed by atoms with Crippen molar-refractivity contribution in [3.8, 4) is 5.75 Å². The smallest absolute Gasteiger partial charge is 0.276 e. The summed E-state index contributed by atoms with van der Waals surface area (Å²) in [5.74, 6) is 2.17. The van der Waals surface area contributed by atoms with E-state index in [0.717, 1.165) is 55.1 Å². The maximum absolute atomic E-state index is 6.24. The number of aromatic nitrogens is 2. The van der Waals surface area contributed by atoms with Gasteiger partial charge in [-0.2, -0.15) is 0 Å². The van der Waals surface area contributed by atoms with Crippen LogP contribution in [0.3, 0.4) is 0 Å². The van der Waals surface area contributed by atoms with Gasteiger partial charge in [0.25, 0.3) is 11.1 Å². The molecule has 0 atom stereocenters. The predicted molar refractivity (Wildman–Crippen MR) is 109 cm³/mol. The number of hydrogen-bond donors (Lipinski definition) is 0. The van der Waals surface area contributed by atoms with Crippen LogP contribution in [0.15, 0.2) is 27.8 Å². The molecule has 0 saturated heterocycles. The quantitative estimate of drug-likeness (QED) is 0.395. The second-order valence-electron chi connectivity index (χ2n) is 7.39. The standard InChI is InChI=1S/C21H30N2O4S/c1-16-7-8-17(2)18(13-16)25-14-19-22-23-20(27-19)28-15-21(9-4-5-10-21)26-12-6-11-24-3/h7-8,13H,4-6,9-12,14-15H2,1-3H3. The fourth-order valence-corrected chi connectivity index (χ4v) is 4.40. The summed E-state index contributed by atoms with van der Waals surface area (Å²) in [6.45, 7) is 5.81. The van der Waals surface area contributed by atoms with Gasteiger partial charge in [0.2, 0.25) is 0 Å². The normalized spacial score (nSPS) is 15.8. The van der Waals surface area contributed by atoms with Crippen molar-refractivity contribution in [1.82, 2.24) is 10.2 Å². The summed E-state index contributed by atoms with van der Waals surface area (Å²) in [7, 11) is 1.72. The Bertz CT molecular complexity index is 744. The van der Waals surface area contributed by atoms with E-state index in [-0.39, 0.29) is 12.2 Å². The van der Waals surface area contributed by atoms with Gasteiger partial charge in [-0.05, 0) is 50.3 Å². The second-order valence-corrected chi connectivity index (χ2v) is 8.32. The van der Waals surface area contributed by atoms with Crippen molar-refractivity contribution in [3.05, 3.63) is 35.2 Å². The van der Waals surface area contributed by atoms with E-state index >= 15 is 0 Å². The first-order valence-corrected chi connectivity index (χ1v) is 10.9. The fourth-order valence-electron chi connectivity index (χ4n) is 3.39. The van der Waals surface area contributed by atoms with Crippen molar-refractivity contribution in [2.75, 3.05) is 26.1 Å². The van der Waals surface area contributed by atoms with E-state index in [1.165, 1.54) is 12.8 Å². The van der Waals surface area contributed by atoms with Crippen molar-refractivity contribution in [2.45, 2.75) is 63.4 Å². The average Bonchev–Trinajstić information content (AvgIpc) is 3.34. The minimum absolute atomic E-state index is 0.0811. The number of hydrogen-bond acceptors (Lipinski definition) is 7. The average molecular weight is 407 g/mol. The first-order chi connectivity index (χ1) is 13.6. The summed E-state index contributed by atoms with van der Waals surface area (Å²) in [5, 5.41) is 8.85. The van der Waals surface area contributed by atoms with Crippen LogP contribution in [0.2, 0.25) is 0 Å². The van der Waals surface area contributed by atoms with Crippen LogP contribution >= 0.6 is 11.8 Å². The molecule has 1 aliphatic carbocycles. The largest absolute Gasteiger partial charge is 0.484 e. The molecular weight excluding hydrogens is 376 g/mol. The molecule has 6 nitrogen and oxygen atoms in total. The highest BCUT2D eigenvalue weighted by Gasteiger charge is 2.35. The molecule has 28 heavy (non-hydrogen) atoms. The maximum atomic E-state index is 6.24. The molecule has 1 heterocycles. The summed E-state index contributed by atoms with van der Waals surface area (Å²) in [4.78, 5) is 0. The molecule has 1 aromatic carbocycles. The lowest BCUT2D eigenvalue weighted by molar-refractivity contribution is -0.0292. The molecule has 0 bridgehead atoms. The number of thioether (sulfide) groups is 1. The van der Waals surface area contributed by atoms with E-state index in [1.807, 2.05) is 26.0 Å². The van der Waals surface area contributed by atoms with Gasteiger partial charge in [-0.15, -0.1) is 10.2 Å². The number of benzene rings is 1. The Hall–Kier alpha value is -1.57. The first-order valence-electron chi connectivity index (χ1n) is 9.88. The minimum Gasteiger partial charge on any atom is -0.484 e. The number of rotatable bonds is 11. The number of nitrogens with zero attached hydrogens (tertiary/aromatic N) is 2. The molecule has 0 aliphatic heterocycles. The van der Waals surface area contributed by atoms with Crippen LogP contribution in [0, 0.1) is 13.8 Å². The van der Waals surface area contributed by atoms with Crippen LogP contribution in [0.25, 0.3) is 0 Å². The van der Waals surface area contributed by atoms with E-state index in [4.69, 9.17) is 18.6 Å². The molecular formula is C21H30N2O4S. The highest BCUT2D eigenvalue weighted by atomic mass is 32.2. The van der Waals surface area contributed by atoms with Crippen molar-refractivity contribution >= 4 is 11.8 Å². The Morgan fingerprint density at radius 2 is 1.96 bits per heavy atom. The Kier molecular flexibility index (Phi) is 7.76. The van der Waals surface area contributed by atoms with Gasteiger partial charge in [0.1, 0.15) is 5.75 Å². The van der Waals surface area contributed by atoms with Crippen molar-refractivity contribution < 1.29 is 18.6 Å². The van der Waals surface area contributed by atoms with Crippen LogP contribution < -0.4 is 4.74 Å². The summed E-state index contributed by atoms with van der Waals surface area (Å²) < 4.78 is 23.0. The maximum Gasteiger partial charge on any atom is 0.276 e. The molecule has 1 aromatic heterocycles. The lowest BCUT2D eigenvalue weighted by atomic mass is 10.1. The molecule has 1 saturated carbocycles. The highest BCUT2D eigenvalue weighted by molar-refractivity contribution is 7.99. The van der Waals surface area contributed by atoms with Gasteiger partial charge in [0.15, 0.2) is 6.61 Å². The zero-order chi connectivity index (χ0) is 19.8. The van der Waals surface area contributed by atoms with E-state index in [1.54, 1.807) is 18.9 Å². The summed E-state index contributed by atoms with van der Waals surface area (Å²) in [6, 6.07) is 6.14. The van der Waals surface area contributed by atoms with Gasteiger partial charge in [0.05, 0.1) is 5.60 Å². The number of methoxy groups -OCH3 is 1. The zero-order valence-electron chi connectivity index (χ0n) is 17.0. The molecule has 0 unspecified atom stereocenters. The molecule has 0 amide bonds. The monoisotopic (exact) mass is 406 g/mol. The van der Waals surface area contributed by atoms with E-state index < -0.39 is 0 Å². The van der Waals surface area contributed by atoms with Crippen LogP contribution in [0.1, 0.15) is 49.1 Å². The van der Waals surface area contributed by atoms with Crippen molar-refractivity contribution in [1.29, 1.82) is 0 Å². The van der Waals surface area contributed by atoms with Crippen molar-refractivity contribution in [2.24, 2.45) is 0 Å². The van der Waals surface area contributed by atoms with E-state index in [9.17, 15) is 0 Å². The third-order valence-corrected chi connectivity index (χ3v) is 6.10. The Morgan fingerprint density at radius 1 is 1.14 bits per heavy atom. The van der Waals surface area contributed by atoms with Crippen LogP contribution in [-0.4, -0.2) is 41.9 Å². The predicted octanol–water partition coefficient (Wildman–Crippen LogP) is 4.72. The van der Waals surface area contributed by atoms with E-state index in [0.29, 0.717) is 11.1 Å². The van der Waals surface area contributed by atoms with Gasteiger partial charge in [-0.1, -0.05) is 36.7 Å². The van der Waals surface area contributed by atoms with Gasteiger partial charge in [-0.25, -0.2) is 0 Å². The van der Waals surface area contributed by atoms with Gasteiger partial charge in [-0.3, -0.25) is 0 Å². The molecule has 0 radical (unpaired) electrons. The van der Waals surface area contributed by atoms with Gasteiger partial charge >= 0.3 is 0 Å². The molecule has 0 N–H and O–H groups in total. The Morgan fingerprint density at radius 3 is 2.75 bits per heavy atom. The SMILES string of the molecule is COCCCOC1(CSc2nnc(COc3cc(C)ccc3C)o2)CCCC1. The zero-order valence-corrected chi connectivity index (χ0v) is 17.8. The molecule has 154 valence electrons. The molecule has 1 fully saturated rings. The van der Waals surface area contributed by atoms with Crippen LogP contribution in [0.4, 0.5) is 0 Å². The van der Waals surface area contributed by atoms with Crippen molar-refractivity contribution in [3.63, 3.8) is 0 Å². The lowest BCUT2D eigenvalue weighted by Crippen LogP contribution is -2.32. The first kappa shape index (κ1) is 21.1. The number of ether oxygens (including phenoxy) is 3. The molecule has 2 aromatic rings. The third-order valence-electron chi connectivity index (χ3n) is 5.02. The topological polar surface area (TPSA) is 66.6 Å². The second kappa shape index (κ2) is 10.3. The van der Waals surface area contributed by atoms with Crippen LogP contribution in [-0.2, 0) is 16.1 Å². The Balaban J connectivity index is 1.50. The van der Waals surface area contributed by atoms with E-state index in [2.05, 4.69) is 16.3 Å². The molecule has 3 rings (SSSR count). The minimum atomic E-state index is -0.0811. The van der Waals surface area contributed by atoms with Gasteiger partial charge < -0.3 is 18.6 Å².